The minimum atomic E-state index is -1.14. The molecular formula is C36H67NO6. The van der Waals surface area contributed by atoms with E-state index in [0.717, 1.165) is 25.7 Å². The van der Waals surface area contributed by atoms with Gasteiger partial charge < -0.3 is 24.6 Å². The highest BCUT2D eigenvalue weighted by Gasteiger charge is 2.39. The molecule has 3 atom stereocenters. The van der Waals surface area contributed by atoms with Gasteiger partial charge in [-0.25, -0.2) is 0 Å². The Hall–Kier alpha value is -1.89. The van der Waals surface area contributed by atoms with Crippen LogP contribution < -0.4 is 5.11 Å². The molecule has 0 aromatic rings. The highest BCUT2D eigenvalue weighted by Crippen LogP contribution is 2.25. The standard InChI is InChI=1S/C36H67NO6/c1-5-9-10-11-12-13-14-15-16-17-18-19-20-21-22-23-24-25-26-27-37(28-31(6-2)34(38)39,29-32(7-3)35(40)41)30-33(8-4)36(42)43/h9-10,31-33H,5-8,11-30H2,1-4H3,(H2-,38,39,40,41,42,43)/b10-9+. The second kappa shape index (κ2) is 26.5. The monoisotopic (exact) mass is 609 g/mol. The lowest BCUT2D eigenvalue weighted by Gasteiger charge is -2.44. The van der Waals surface area contributed by atoms with Crippen molar-refractivity contribution in [1.29, 1.82) is 0 Å². The van der Waals surface area contributed by atoms with Crippen molar-refractivity contribution in [3.8, 4) is 0 Å². The van der Waals surface area contributed by atoms with E-state index in [2.05, 4.69) is 19.1 Å². The van der Waals surface area contributed by atoms with Crippen molar-refractivity contribution in [2.24, 2.45) is 17.8 Å². The number of hydrogen-bond donors (Lipinski definition) is 2. The van der Waals surface area contributed by atoms with Gasteiger partial charge in [0, 0.05) is 5.92 Å². The molecule has 0 aliphatic rings. The van der Waals surface area contributed by atoms with Crippen LogP contribution in [0, 0.1) is 17.8 Å². The number of quaternary nitrogens is 1. The van der Waals surface area contributed by atoms with Crippen LogP contribution >= 0.6 is 0 Å². The van der Waals surface area contributed by atoms with Crippen LogP contribution in [0.5, 0.6) is 0 Å². The van der Waals surface area contributed by atoms with Gasteiger partial charge in [0.15, 0.2) is 0 Å². The number of carbonyl (C=O) groups excluding carboxylic acids is 1. The number of rotatable bonds is 31. The number of aliphatic carboxylic acids is 3. The Morgan fingerprint density at radius 3 is 1.23 bits per heavy atom. The second-order valence-electron chi connectivity index (χ2n) is 12.9. The van der Waals surface area contributed by atoms with E-state index in [1.165, 1.54) is 83.5 Å². The summed E-state index contributed by atoms with van der Waals surface area (Å²) in [7, 11) is 0. The first-order valence-corrected chi connectivity index (χ1v) is 17.8. The third-order valence-corrected chi connectivity index (χ3v) is 9.24. The lowest BCUT2D eigenvalue weighted by atomic mass is 9.95. The van der Waals surface area contributed by atoms with Crippen molar-refractivity contribution >= 4 is 17.9 Å². The first kappa shape index (κ1) is 41.1. The predicted octanol–water partition coefficient (Wildman–Crippen LogP) is 8.01. The van der Waals surface area contributed by atoms with Crippen LogP contribution in [0.2, 0.25) is 0 Å². The zero-order valence-corrected chi connectivity index (χ0v) is 28.3. The number of carboxylic acids is 3. The first-order valence-electron chi connectivity index (χ1n) is 17.8. The fourth-order valence-corrected chi connectivity index (χ4v) is 6.33. The highest BCUT2D eigenvalue weighted by molar-refractivity contribution is 5.70. The molecule has 0 aromatic carbocycles. The van der Waals surface area contributed by atoms with Crippen LogP contribution in [0.1, 0.15) is 156 Å². The average molecular weight is 610 g/mol. The largest absolute Gasteiger partial charge is 0.550 e. The molecule has 0 amide bonds. The number of carbonyl (C=O) groups is 3. The Morgan fingerprint density at radius 1 is 0.558 bits per heavy atom. The van der Waals surface area contributed by atoms with E-state index in [-0.39, 0.29) is 24.1 Å². The molecule has 2 N–H and O–H groups in total. The molecule has 0 aliphatic heterocycles. The summed E-state index contributed by atoms with van der Waals surface area (Å²) >= 11 is 0. The summed E-state index contributed by atoms with van der Waals surface area (Å²) in [5.41, 5.74) is 0. The molecular weight excluding hydrogens is 542 g/mol. The summed E-state index contributed by atoms with van der Waals surface area (Å²) < 4.78 is 0.221. The summed E-state index contributed by atoms with van der Waals surface area (Å²) in [6.45, 7) is 8.98. The molecule has 3 unspecified atom stereocenters. The molecule has 0 aromatic heterocycles. The van der Waals surface area contributed by atoms with Gasteiger partial charge in [-0.2, -0.15) is 0 Å². The van der Waals surface area contributed by atoms with Crippen LogP contribution in [0.4, 0.5) is 0 Å². The van der Waals surface area contributed by atoms with Crippen molar-refractivity contribution in [1.82, 2.24) is 0 Å². The minimum Gasteiger partial charge on any atom is -0.550 e. The van der Waals surface area contributed by atoms with Gasteiger partial charge in [-0.3, -0.25) is 9.59 Å². The van der Waals surface area contributed by atoms with Gasteiger partial charge in [-0.15, -0.1) is 0 Å². The number of hydrogen-bond acceptors (Lipinski definition) is 4. The second-order valence-corrected chi connectivity index (χ2v) is 12.9. The molecule has 0 fully saturated rings. The molecule has 7 nitrogen and oxygen atoms in total. The molecule has 7 heteroatoms. The maximum atomic E-state index is 12.0. The van der Waals surface area contributed by atoms with Crippen LogP contribution in [-0.4, -0.2) is 58.8 Å². The van der Waals surface area contributed by atoms with Gasteiger partial charge in [0.2, 0.25) is 0 Å². The van der Waals surface area contributed by atoms with Crippen LogP contribution in [0.25, 0.3) is 0 Å². The lowest BCUT2D eigenvalue weighted by Crippen LogP contribution is -2.59. The number of carboxylic acid groups (broad SMARTS) is 3. The molecule has 0 bridgehead atoms. The minimum absolute atomic E-state index is 0.221. The molecule has 0 spiro atoms. The van der Waals surface area contributed by atoms with E-state index >= 15 is 0 Å². The van der Waals surface area contributed by atoms with Crippen molar-refractivity contribution in [2.75, 3.05) is 26.2 Å². The van der Waals surface area contributed by atoms with Crippen LogP contribution in [0.15, 0.2) is 12.2 Å². The van der Waals surface area contributed by atoms with Crippen molar-refractivity contribution < 1.29 is 34.2 Å². The normalized spacial score (nSPS) is 15.3. The Kier molecular flexibility index (Phi) is 25.3. The number of unbranched alkanes of at least 4 members (excludes halogenated alkanes) is 15. The van der Waals surface area contributed by atoms with E-state index in [4.69, 9.17) is 0 Å². The fourth-order valence-electron chi connectivity index (χ4n) is 6.33. The summed E-state index contributed by atoms with van der Waals surface area (Å²) in [6.07, 6.45) is 26.9. The zero-order valence-electron chi connectivity index (χ0n) is 28.3. The smallest absolute Gasteiger partial charge is 0.312 e. The molecule has 0 heterocycles. The van der Waals surface area contributed by atoms with Crippen molar-refractivity contribution in [3.05, 3.63) is 12.2 Å². The molecule has 0 aliphatic carbocycles. The molecule has 43 heavy (non-hydrogen) atoms. The number of nitrogens with zero attached hydrogens (tertiary/aromatic N) is 1. The highest BCUT2D eigenvalue weighted by atomic mass is 16.4. The third-order valence-electron chi connectivity index (χ3n) is 9.24. The van der Waals surface area contributed by atoms with Gasteiger partial charge in [0.1, 0.15) is 11.8 Å². The molecule has 0 rings (SSSR count). The molecule has 0 saturated heterocycles. The summed E-state index contributed by atoms with van der Waals surface area (Å²) in [5.74, 6) is -4.94. The third kappa shape index (κ3) is 20.7. The van der Waals surface area contributed by atoms with Gasteiger partial charge in [-0.05, 0) is 51.4 Å². The Morgan fingerprint density at radius 2 is 0.907 bits per heavy atom. The summed E-state index contributed by atoms with van der Waals surface area (Å²) in [5, 5.41) is 31.5. The van der Waals surface area contributed by atoms with Crippen LogP contribution in [-0.2, 0) is 14.4 Å². The zero-order chi connectivity index (χ0) is 32.3. The maximum Gasteiger partial charge on any atom is 0.312 e. The van der Waals surface area contributed by atoms with E-state index in [0.29, 0.717) is 25.8 Å². The van der Waals surface area contributed by atoms with Crippen LogP contribution in [0.3, 0.4) is 0 Å². The van der Waals surface area contributed by atoms with Crippen molar-refractivity contribution in [2.45, 2.75) is 156 Å². The Bertz CT molecular complexity index is 692. The summed E-state index contributed by atoms with van der Waals surface area (Å²) in [6, 6.07) is 0. The predicted molar refractivity (Wildman–Crippen MR) is 175 cm³/mol. The number of allylic oxidation sites excluding steroid dienone is 2. The van der Waals surface area contributed by atoms with E-state index < -0.39 is 35.7 Å². The van der Waals surface area contributed by atoms with E-state index in [1.807, 2.05) is 13.8 Å². The van der Waals surface area contributed by atoms with Gasteiger partial charge in [0.25, 0.3) is 0 Å². The van der Waals surface area contributed by atoms with Gasteiger partial charge in [0.05, 0.1) is 32.1 Å². The quantitative estimate of drug-likeness (QED) is 0.0467. The molecule has 0 radical (unpaired) electrons. The Labute approximate surface area is 264 Å². The van der Waals surface area contributed by atoms with Crippen molar-refractivity contribution in [3.63, 3.8) is 0 Å². The SMILES string of the molecule is CC/C=C/CCCCCCCCCCCCCCCCC[N+](CC(CC)C(=O)[O-])(CC(CC)C(=O)O)CC(CC)C(=O)O. The van der Waals surface area contributed by atoms with E-state index in [1.54, 1.807) is 6.92 Å². The maximum absolute atomic E-state index is 12.0. The lowest BCUT2D eigenvalue weighted by molar-refractivity contribution is -0.935. The topological polar surface area (TPSA) is 115 Å². The summed E-state index contributed by atoms with van der Waals surface area (Å²) in [4.78, 5) is 35.8. The Balaban J connectivity index is 4.59. The fraction of sp³-hybridized carbons (Fsp3) is 0.861. The molecule has 252 valence electrons. The van der Waals surface area contributed by atoms with E-state index in [9.17, 15) is 29.7 Å². The average Bonchev–Trinajstić information content (AvgIpc) is 2.98. The van der Waals surface area contributed by atoms with Gasteiger partial charge >= 0.3 is 11.9 Å². The first-order chi connectivity index (χ1) is 20.7. The molecule has 0 saturated carbocycles. The van der Waals surface area contributed by atoms with Gasteiger partial charge in [-0.1, -0.05) is 117 Å².